The molecular formula is C50H98N10O27. The first-order valence-corrected chi connectivity index (χ1v) is 27.6. The van der Waals surface area contributed by atoms with Gasteiger partial charge in [0, 0.05) is 81.6 Å². The Hall–Kier alpha value is -4.63. The van der Waals surface area contributed by atoms with Gasteiger partial charge in [-0.3, -0.25) is 43.4 Å². The number of hydrogen-bond acceptors (Lipinski definition) is 30. The van der Waals surface area contributed by atoms with Gasteiger partial charge in [0.1, 0.15) is 79.3 Å². The van der Waals surface area contributed by atoms with Crippen molar-refractivity contribution >= 4 is 41.4 Å². The lowest BCUT2D eigenvalue weighted by molar-refractivity contribution is -0.149. The maximum atomic E-state index is 14.4. The fraction of sp³-hybridized carbons (Fsp3) is 0.860. The van der Waals surface area contributed by atoms with Crippen LogP contribution in [0.25, 0.3) is 0 Å². The highest BCUT2D eigenvalue weighted by molar-refractivity contribution is 5.93. The van der Waals surface area contributed by atoms with Crippen LogP contribution in [0.4, 0.5) is 0 Å². The van der Waals surface area contributed by atoms with Gasteiger partial charge in [-0.1, -0.05) is 0 Å². The van der Waals surface area contributed by atoms with Crippen LogP contribution in [0.2, 0.25) is 0 Å². The molecule has 0 aliphatic rings. The smallest absolute Gasteiger partial charge is 0.245 e. The number of rotatable bonds is 45. The van der Waals surface area contributed by atoms with Crippen molar-refractivity contribution in [1.82, 2.24) is 49.8 Å². The first kappa shape index (κ1) is 82.4. The van der Waals surface area contributed by atoms with E-state index in [1.807, 2.05) is 0 Å². The van der Waals surface area contributed by atoms with Crippen LogP contribution in [0.5, 0.6) is 0 Å². The molecule has 0 heterocycles. The number of carbonyl (C=O) groups is 7. The molecule has 0 aromatic carbocycles. The summed E-state index contributed by atoms with van der Waals surface area (Å²) >= 11 is 0. The van der Waals surface area contributed by atoms with Gasteiger partial charge in [0.2, 0.25) is 41.4 Å². The maximum Gasteiger partial charge on any atom is 0.245 e. The van der Waals surface area contributed by atoms with Gasteiger partial charge in [-0.25, -0.2) is 0 Å². The van der Waals surface area contributed by atoms with E-state index in [-0.39, 0.29) is 39.0 Å². The zero-order valence-electron chi connectivity index (χ0n) is 50.1. The summed E-state index contributed by atoms with van der Waals surface area (Å²) in [5, 5.41) is 207. The summed E-state index contributed by atoms with van der Waals surface area (Å²) in [7, 11) is 8.88. The fourth-order valence-corrected chi connectivity index (χ4v) is 8.30. The van der Waals surface area contributed by atoms with Crippen LogP contribution in [-0.4, -0.2) is 447 Å². The Labute approximate surface area is 503 Å². The zero-order chi connectivity index (χ0) is 67.3. The summed E-state index contributed by atoms with van der Waals surface area (Å²) in [6.45, 7) is -10.8. The third-order valence-corrected chi connectivity index (χ3v) is 14.2. The van der Waals surface area contributed by atoms with Gasteiger partial charge < -0.3 is 142 Å². The molecule has 0 spiro atoms. The first-order valence-electron chi connectivity index (χ1n) is 27.6. The Morgan fingerprint density at radius 1 is 0.368 bits per heavy atom. The standard InChI is InChI=1S/C50H98N10O27/c1-51-13-37(74)54(3)19-39(76)56(5)22-41(78)58(7)27(9-8-11-59(14-28(65)42(79)46(83)32(69)23-61)15-29(66)43(80)47(84)33(70)24-62)50(87)57(6)21-40(77)55(4)20-38(75)53(2)18-36(73)52-10-12-60(16-30(67)44(81)48(85)34(71)25-63)17-31(68)45(82)49(86)35(72)26-64/h27-35,42-49,51,61-72,79-86H,8-26H2,1-7H3,(H,52,73)/t27?,28-,29-,30-,31-,32+,33+,34+,35+,42+,43+,44+,45+,46+,47+,48+,49+/m0/s1. The van der Waals surface area contributed by atoms with Crippen molar-refractivity contribution in [2.45, 2.75) is 117 Å². The van der Waals surface area contributed by atoms with Gasteiger partial charge in [0.05, 0.1) is 90.1 Å². The molecule has 0 aromatic rings. The molecule has 0 fully saturated rings. The predicted molar refractivity (Wildman–Crippen MR) is 298 cm³/mol. The molecule has 0 bridgehead atoms. The number of nitrogens with zero attached hydrogens (tertiary/aromatic N) is 8. The molecule has 0 radical (unpaired) electrons. The van der Waals surface area contributed by atoms with Crippen LogP contribution in [0.1, 0.15) is 12.8 Å². The number of hydrogen-bond donors (Lipinski definition) is 22. The Morgan fingerprint density at radius 2 is 0.655 bits per heavy atom. The van der Waals surface area contributed by atoms with Crippen molar-refractivity contribution in [3.63, 3.8) is 0 Å². The van der Waals surface area contributed by atoms with Gasteiger partial charge in [-0.2, -0.15) is 0 Å². The van der Waals surface area contributed by atoms with Gasteiger partial charge in [-0.05, 0) is 26.4 Å². The van der Waals surface area contributed by atoms with Gasteiger partial charge in [0.25, 0.3) is 0 Å². The van der Waals surface area contributed by atoms with E-state index in [9.17, 15) is 125 Å². The Kier molecular flexibility index (Phi) is 39.4. The van der Waals surface area contributed by atoms with Crippen LogP contribution in [-0.2, 0) is 33.6 Å². The summed E-state index contributed by atoms with van der Waals surface area (Å²) in [5.41, 5.74) is 0. The average Bonchev–Trinajstić information content (AvgIpc) is 3.21. The number of aliphatic hydroxyl groups excluding tert-OH is 20. The Morgan fingerprint density at radius 3 is 0.989 bits per heavy atom. The Balaban J connectivity index is 6.49. The van der Waals surface area contributed by atoms with Crippen LogP contribution in [0, 0.1) is 0 Å². The van der Waals surface area contributed by atoms with E-state index in [1.165, 1.54) is 49.3 Å². The fourth-order valence-electron chi connectivity index (χ4n) is 8.30. The highest BCUT2D eigenvalue weighted by atomic mass is 16.4. The SMILES string of the molecule is CNCC(=O)N(C)CC(=O)N(C)CC(=O)N(C)C(CCCN(C[C@H](O)[C@@H](O)[C@H](O)[C@H](O)CO)C[C@H](O)[C@@H](O)[C@H](O)[C@H](O)CO)C(=O)N(C)CC(=O)N(C)CC(=O)N(C)CC(=O)NCCN(C[C@H](O)[C@@H](O)[C@H](O)[C@H](O)CO)C[C@H](O)[C@@H](O)[C@H](O)[C@H](O)CO. The number of carbonyl (C=O) groups excluding carboxylic acids is 7. The van der Waals surface area contributed by atoms with Crippen molar-refractivity contribution in [2.24, 2.45) is 0 Å². The van der Waals surface area contributed by atoms with Crippen LogP contribution >= 0.6 is 0 Å². The topological polar surface area (TPSA) is 574 Å². The number of likely N-dealkylation sites (N-methyl/N-ethyl adjacent to an activating group) is 7. The third kappa shape index (κ3) is 28.4. The predicted octanol–water partition coefficient (Wildman–Crippen LogP) is -16.4. The van der Waals surface area contributed by atoms with Crippen LogP contribution in [0.3, 0.4) is 0 Å². The summed E-state index contributed by atoms with van der Waals surface area (Å²) in [4.78, 5) is 102. The molecule has 0 saturated heterocycles. The lowest BCUT2D eigenvalue weighted by Gasteiger charge is -2.35. The molecule has 0 rings (SSSR count). The summed E-state index contributed by atoms with van der Waals surface area (Å²) < 4.78 is 0. The van der Waals surface area contributed by atoms with E-state index in [2.05, 4.69) is 10.6 Å². The molecule has 37 nitrogen and oxygen atoms in total. The van der Waals surface area contributed by atoms with E-state index in [4.69, 9.17) is 10.2 Å². The lowest BCUT2D eigenvalue weighted by Crippen LogP contribution is -2.54. The van der Waals surface area contributed by atoms with Crippen molar-refractivity contribution < 1.29 is 136 Å². The average molecular weight is 1270 g/mol. The molecule has 0 aromatic heterocycles. The van der Waals surface area contributed by atoms with E-state index in [0.717, 1.165) is 39.2 Å². The molecule has 510 valence electrons. The molecule has 87 heavy (non-hydrogen) atoms. The first-order chi connectivity index (χ1) is 40.5. The molecular weight excluding hydrogens is 1170 g/mol. The van der Waals surface area contributed by atoms with Gasteiger partial charge in [0.15, 0.2) is 0 Å². The van der Waals surface area contributed by atoms with E-state index in [1.54, 1.807) is 0 Å². The van der Waals surface area contributed by atoms with Gasteiger partial charge in [-0.15, -0.1) is 0 Å². The van der Waals surface area contributed by atoms with Crippen molar-refractivity contribution in [1.29, 1.82) is 0 Å². The molecule has 0 aliphatic heterocycles. The highest BCUT2D eigenvalue weighted by Gasteiger charge is 2.38. The lowest BCUT2D eigenvalue weighted by atomic mass is 10.0. The second-order valence-corrected chi connectivity index (χ2v) is 21.4. The minimum atomic E-state index is -2.13. The van der Waals surface area contributed by atoms with Gasteiger partial charge >= 0.3 is 0 Å². The highest BCUT2D eigenvalue weighted by Crippen LogP contribution is 2.16. The van der Waals surface area contributed by atoms with E-state index < -0.39 is 230 Å². The number of aliphatic hydroxyl groups is 20. The molecule has 22 N–H and O–H groups in total. The maximum absolute atomic E-state index is 14.4. The third-order valence-electron chi connectivity index (χ3n) is 14.2. The molecule has 17 atom stereocenters. The van der Waals surface area contributed by atoms with E-state index >= 15 is 0 Å². The second kappa shape index (κ2) is 41.6. The quantitative estimate of drug-likeness (QED) is 0.0269. The van der Waals surface area contributed by atoms with Crippen molar-refractivity contribution in [3.8, 4) is 0 Å². The second-order valence-electron chi connectivity index (χ2n) is 21.4. The largest absolute Gasteiger partial charge is 0.394 e. The number of amides is 7. The summed E-state index contributed by atoms with van der Waals surface area (Å²) in [5.74, 6) is -5.32. The van der Waals surface area contributed by atoms with E-state index in [0.29, 0.717) is 0 Å². The summed E-state index contributed by atoms with van der Waals surface area (Å²) in [6.07, 6.45) is -32.5. The zero-order valence-corrected chi connectivity index (χ0v) is 50.1. The molecule has 0 aliphatic carbocycles. The Bertz CT molecular complexity index is 1990. The number of nitrogens with one attached hydrogen (secondary N) is 2. The normalized spacial score (nSPS) is 17.8. The molecule has 0 saturated carbocycles. The van der Waals surface area contributed by atoms with Crippen molar-refractivity contribution in [3.05, 3.63) is 0 Å². The van der Waals surface area contributed by atoms with Crippen molar-refractivity contribution in [2.75, 3.05) is 161 Å². The summed E-state index contributed by atoms with van der Waals surface area (Å²) in [6, 6.07) is -1.50. The monoisotopic (exact) mass is 1270 g/mol. The van der Waals surface area contributed by atoms with Crippen LogP contribution < -0.4 is 10.6 Å². The molecule has 37 heteroatoms. The van der Waals surface area contributed by atoms with Crippen LogP contribution in [0.15, 0.2) is 0 Å². The minimum absolute atomic E-state index is 0.0977. The minimum Gasteiger partial charge on any atom is -0.394 e. The molecule has 7 amide bonds. The molecule has 1 unspecified atom stereocenters.